The molecule has 1 N–H and O–H groups in total. The smallest absolute Gasteiger partial charge is 0.416 e. The first kappa shape index (κ1) is 17.3. The summed E-state index contributed by atoms with van der Waals surface area (Å²) in [7, 11) is 4.98. The van der Waals surface area contributed by atoms with Crippen LogP contribution in [0.5, 0.6) is 0 Å². The van der Waals surface area contributed by atoms with Gasteiger partial charge in [0, 0.05) is 27.2 Å². The number of nitrogens with zero attached hydrogens (tertiary/aromatic N) is 3. The molecule has 1 fully saturated rings. The number of ether oxygens (including phenoxy) is 1. The summed E-state index contributed by atoms with van der Waals surface area (Å²) in [5.41, 5.74) is 0. The van der Waals surface area contributed by atoms with Crippen molar-refractivity contribution in [1.29, 1.82) is 0 Å². The summed E-state index contributed by atoms with van der Waals surface area (Å²) in [4.78, 5) is 30.6. The fraction of sp³-hybridized carbons (Fsp3) is 0.786. The van der Waals surface area contributed by atoms with E-state index in [4.69, 9.17) is 4.74 Å². The SMILES string of the molecule is CCOC(=O)N(C)/C(=N\C(=O)NC1CCCCC1)N(C)C. The minimum absolute atomic E-state index is 0.186. The molecule has 3 amide bonds. The van der Waals surface area contributed by atoms with Gasteiger partial charge in [0.2, 0.25) is 5.96 Å². The van der Waals surface area contributed by atoms with E-state index in [-0.39, 0.29) is 18.6 Å². The van der Waals surface area contributed by atoms with Crippen LogP contribution in [0.2, 0.25) is 0 Å². The Bertz CT molecular complexity index is 390. The van der Waals surface area contributed by atoms with Crippen molar-refractivity contribution in [2.45, 2.75) is 45.1 Å². The van der Waals surface area contributed by atoms with E-state index in [0.717, 1.165) is 25.7 Å². The maximum absolute atomic E-state index is 12.0. The van der Waals surface area contributed by atoms with Gasteiger partial charge in [-0.15, -0.1) is 0 Å². The van der Waals surface area contributed by atoms with Crippen LogP contribution >= 0.6 is 0 Å². The second kappa shape index (κ2) is 8.49. The van der Waals surface area contributed by atoms with Crippen LogP contribution in [0.25, 0.3) is 0 Å². The molecule has 0 aromatic carbocycles. The largest absolute Gasteiger partial charge is 0.449 e. The molecule has 1 saturated carbocycles. The highest BCUT2D eigenvalue weighted by Gasteiger charge is 2.21. The Morgan fingerprint density at radius 1 is 1.19 bits per heavy atom. The lowest BCUT2D eigenvalue weighted by Gasteiger charge is -2.25. The first-order chi connectivity index (χ1) is 9.95. The van der Waals surface area contributed by atoms with Crippen LogP contribution in [-0.4, -0.2) is 61.7 Å². The number of rotatable bonds is 2. The first-order valence-corrected chi connectivity index (χ1v) is 7.42. The molecule has 0 radical (unpaired) electrons. The third kappa shape index (κ3) is 5.61. The lowest BCUT2D eigenvalue weighted by atomic mass is 9.96. The van der Waals surface area contributed by atoms with E-state index in [1.807, 2.05) is 0 Å². The molecule has 0 saturated heterocycles. The number of hydrogen-bond acceptors (Lipinski definition) is 3. The summed E-state index contributed by atoms with van der Waals surface area (Å²) < 4.78 is 4.91. The van der Waals surface area contributed by atoms with Crippen molar-refractivity contribution in [3.05, 3.63) is 0 Å². The van der Waals surface area contributed by atoms with E-state index < -0.39 is 12.1 Å². The van der Waals surface area contributed by atoms with Gasteiger partial charge in [0.1, 0.15) is 0 Å². The van der Waals surface area contributed by atoms with E-state index in [1.54, 1.807) is 25.9 Å². The molecule has 1 aliphatic carbocycles. The number of hydrogen-bond donors (Lipinski definition) is 1. The quantitative estimate of drug-likeness (QED) is 0.625. The average molecular weight is 298 g/mol. The van der Waals surface area contributed by atoms with Crippen molar-refractivity contribution < 1.29 is 14.3 Å². The number of aliphatic imine (C=N–C) groups is 1. The molecule has 0 heterocycles. The van der Waals surface area contributed by atoms with Gasteiger partial charge in [-0.3, -0.25) is 4.90 Å². The first-order valence-electron chi connectivity index (χ1n) is 7.42. The van der Waals surface area contributed by atoms with E-state index in [1.165, 1.54) is 18.4 Å². The van der Waals surface area contributed by atoms with Gasteiger partial charge < -0.3 is 15.0 Å². The molecule has 0 aromatic rings. The second-order valence-electron chi connectivity index (χ2n) is 5.35. The van der Waals surface area contributed by atoms with Gasteiger partial charge in [0.25, 0.3) is 0 Å². The van der Waals surface area contributed by atoms with Crippen LogP contribution in [0, 0.1) is 0 Å². The normalized spacial score (nSPS) is 16.3. The van der Waals surface area contributed by atoms with Gasteiger partial charge in [0.15, 0.2) is 0 Å². The molecule has 0 spiro atoms. The highest BCUT2D eigenvalue weighted by Crippen LogP contribution is 2.17. The molecule has 1 aliphatic rings. The number of guanidine groups is 1. The molecule has 1 rings (SSSR count). The molecule has 0 bridgehead atoms. The standard InChI is InChI=1S/C14H26N4O3/c1-5-21-14(20)18(4)13(17(2)3)16-12(19)15-11-9-7-6-8-10-11/h11H,5-10H2,1-4H3,(H,15,19)/b16-13-. The second-order valence-corrected chi connectivity index (χ2v) is 5.35. The Kier molecular flexibility index (Phi) is 6.98. The Hall–Kier alpha value is -1.79. The predicted octanol–water partition coefficient (Wildman–Crippen LogP) is 2.03. The minimum Gasteiger partial charge on any atom is -0.449 e. The Morgan fingerprint density at radius 2 is 1.81 bits per heavy atom. The molecular formula is C14H26N4O3. The molecule has 7 nitrogen and oxygen atoms in total. The van der Waals surface area contributed by atoms with Crippen molar-refractivity contribution >= 4 is 18.1 Å². The molecule has 120 valence electrons. The third-order valence-corrected chi connectivity index (χ3v) is 3.38. The van der Waals surface area contributed by atoms with Crippen molar-refractivity contribution in [1.82, 2.24) is 15.1 Å². The van der Waals surface area contributed by atoms with Crippen LogP contribution in [0.4, 0.5) is 9.59 Å². The number of nitrogens with one attached hydrogen (secondary N) is 1. The van der Waals surface area contributed by atoms with Gasteiger partial charge >= 0.3 is 12.1 Å². The van der Waals surface area contributed by atoms with Gasteiger partial charge in [-0.05, 0) is 19.8 Å². The summed E-state index contributed by atoms with van der Waals surface area (Å²) >= 11 is 0. The highest BCUT2D eigenvalue weighted by molar-refractivity contribution is 5.99. The van der Waals surface area contributed by atoms with Crippen molar-refractivity contribution in [2.24, 2.45) is 4.99 Å². The van der Waals surface area contributed by atoms with Gasteiger partial charge in [-0.2, -0.15) is 4.99 Å². The van der Waals surface area contributed by atoms with E-state index in [0.29, 0.717) is 0 Å². The third-order valence-electron chi connectivity index (χ3n) is 3.38. The Labute approximate surface area is 126 Å². The monoisotopic (exact) mass is 298 g/mol. The Balaban J connectivity index is 2.69. The molecule has 0 atom stereocenters. The predicted molar refractivity (Wildman–Crippen MR) is 81.3 cm³/mol. The molecule has 0 aliphatic heterocycles. The number of carbonyl (C=O) groups is 2. The number of carbonyl (C=O) groups excluding carboxylic acids is 2. The van der Waals surface area contributed by atoms with Gasteiger partial charge in [0.05, 0.1) is 6.61 Å². The van der Waals surface area contributed by atoms with Crippen molar-refractivity contribution in [3.63, 3.8) is 0 Å². The molecular weight excluding hydrogens is 272 g/mol. The van der Waals surface area contributed by atoms with Crippen LogP contribution in [0.1, 0.15) is 39.0 Å². The fourth-order valence-electron chi connectivity index (χ4n) is 2.32. The van der Waals surface area contributed by atoms with Crippen molar-refractivity contribution in [2.75, 3.05) is 27.7 Å². The van der Waals surface area contributed by atoms with Crippen LogP contribution < -0.4 is 5.32 Å². The van der Waals surface area contributed by atoms with E-state index in [9.17, 15) is 9.59 Å². The number of amides is 3. The summed E-state index contributed by atoms with van der Waals surface area (Å²) in [6.45, 7) is 2.01. The summed E-state index contributed by atoms with van der Waals surface area (Å²) in [6, 6.07) is -0.229. The van der Waals surface area contributed by atoms with E-state index in [2.05, 4.69) is 10.3 Å². The zero-order valence-electron chi connectivity index (χ0n) is 13.4. The zero-order valence-corrected chi connectivity index (χ0v) is 13.4. The fourth-order valence-corrected chi connectivity index (χ4v) is 2.32. The maximum Gasteiger partial charge on any atom is 0.416 e. The summed E-state index contributed by atoms with van der Waals surface area (Å²) in [6.07, 6.45) is 4.95. The average Bonchev–Trinajstić information content (AvgIpc) is 2.45. The summed E-state index contributed by atoms with van der Waals surface area (Å²) in [5, 5.41) is 2.90. The Morgan fingerprint density at radius 3 is 2.33 bits per heavy atom. The number of urea groups is 1. The molecule has 0 unspecified atom stereocenters. The van der Waals surface area contributed by atoms with Gasteiger partial charge in [-0.25, -0.2) is 9.59 Å². The minimum atomic E-state index is -0.532. The highest BCUT2D eigenvalue weighted by atomic mass is 16.6. The molecule has 21 heavy (non-hydrogen) atoms. The maximum atomic E-state index is 12.0. The van der Waals surface area contributed by atoms with Crippen LogP contribution in [0.15, 0.2) is 4.99 Å². The topological polar surface area (TPSA) is 74.2 Å². The zero-order chi connectivity index (χ0) is 15.8. The van der Waals surface area contributed by atoms with Crippen molar-refractivity contribution in [3.8, 4) is 0 Å². The lowest BCUT2D eigenvalue weighted by Crippen LogP contribution is -2.44. The van der Waals surface area contributed by atoms with Crippen LogP contribution in [0.3, 0.4) is 0 Å². The summed E-state index contributed by atoms with van der Waals surface area (Å²) in [5.74, 6) is 0.252. The van der Waals surface area contributed by atoms with Crippen LogP contribution in [-0.2, 0) is 4.74 Å². The van der Waals surface area contributed by atoms with E-state index >= 15 is 0 Å². The molecule has 0 aromatic heterocycles. The molecule has 7 heteroatoms. The van der Waals surface area contributed by atoms with Gasteiger partial charge in [-0.1, -0.05) is 19.3 Å². The lowest BCUT2D eigenvalue weighted by molar-refractivity contribution is 0.131.